The highest BCUT2D eigenvalue weighted by Crippen LogP contribution is 2.31. The van der Waals surface area contributed by atoms with Gasteiger partial charge >= 0.3 is 0 Å². The first kappa shape index (κ1) is 25.6. The van der Waals surface area contributed by atoms with Crippen molar-refractivity contribution in [1.29, 1.82) is 0 Å². The van der Waals surface area contributed by atoms with E-state index < -0.39 is 0 Å². The maximum Gasteiger partial charge on any atom is 0.230 e. The summed E-state index contributed by atoms with van der Waals surface area (Å²) in [5.74, 6) is 2.95. The van der Waals surface area contributed by atoms with E-state index in [4.69, 9.17) is 9.47 Å². The van der Waals surface area contributed by atoms with E-state index in [1.165, 1.54) is 11.8 Å². The van der Waals surface area contributed by atoms with Crippen LogP contribution in [0.25, 0.3) is 0 Å². The van der Waals surface area contributed by atoms with Crippen LogP contribution in [0.3, 0.4) is 0 Å². The molecule has 0 bridgehead atoms. The molecule has 0 spiro atoms. The molecule has 2 aromatic carbocycles. The number of hydrogen-bond donors (Lipinski definition) is 1. The number of amides is 1. The topological polar surface area (TPSA) is 78.3 Å². The maximum absolute atomic E-state index is 12.4. The molecule has 34 heavy (non-hydrogen) atoms. The van der Waals surface area contributed by atoms with Crippen molar-refractivity contribution in [3.63, 3.8) is 0 Å². The van der Waals surface area contributed by atoms with Gasteiger partial charge in [-0.1, -0.05) is 55.9 Å². The molecular weight excluding hydrogens is 448 g/mol. The molecule has 3 rings (SSSR count). The van der Waals surface area contributed by atoms with Crippen LogP contribution >= 0.6 is 11.8 Å². The molecule has 0 aliphatic rings. The molecule has 1 unspecified atom stereocenters. The summed E-state index contributed by atoms with van der Waals surface area (Å²) in [5.41, 5.74) is 2.17. The van der Waals surface area contributed by atoms with Crippen molar-refractivity contribution in [2.45, 2.75) is 64.4 Å². The second kappa shape index (κ2) is 11.9. The van der Waals surface area contributed by atoms with Gasteiger partial charge in [-0.05, 0) is 56.0 Å². The number of carbonyl (C=O) groups is 1. The van der Waals surface area contributed by atoms with E-state index in [0.29, 0.717) is 17.6 Å². The number of aromatic nitrogens is 3. The van der Waals surface area contributed by atoms with Gasteiger partial charge in [0.15, 0.2) is 17.1 Å². The molecule has 1 heterocycles. The van der Waals surface area contributed by atoms with Gasteiger partial charge in [0.25, 0.3) is 0 Å². The van der Waals surface area contributed by atoms with E-state index in [-0.39, 0.29) is 23.8 Å². The minimum absolute atomic E-state index is 0.0594. The highest BCUT2D eigenvalue weighted by molar-refractivity contribution is 7.99. The van der Waals surface area contributed by atoms with E-state index in [9.17, 15) is 4.79 Å². The highest BCUT2D eigenvalue weighted by Gasteiger charge is 2.23. The van der Waals surface area contributed by atoms with Crippen LogP contribution in [0.4, 0.5) is 0 Å². The first-order valence-electron chi connectivity index (χ1n) is 11.5. The summed E-state index contributed by atoms with van der Waals surface area (Å²) >= 11 is 1.38. The van der Waals surface area contributed by atoms with Crippen LogP contribution in [0.1, 0.15) is 69.6 Å². The molecular formula is C26H34N4O3S. The second-order valence-electron chi connectivity index (χ2n) is 8.67. The Kier molecular flexibility index (Phi) is 8.98. The van der Waals surface area contributed by atoms with Crippen molar-refractivity contribution in [2.24, 2.45) is 0 Å². The van der Waals surface area contributed by atoms with E-state index in [2.05, 4.69) is 49.3 Å². The lowest BCUT2D eigenvalue weighted by atomic mass is 10.0. The Morgan fingerprint density at radius 3 is 2.38 bits per heavy atom. The number of hydrogen-bond acceptors (Lipinski definition) is 6. The quantitative estimate of drug-likeness (QED) is 0.362. The molecule has 3 aromatic rings. The van der Waals surface area contributed by atoms with E-state index in [1.807, 2.05) is 54.0 Å². The lowest BCUT2D eigenvalue weighted by Gasteiger charge is -2.21. The number of nitrogens with one attached hydrogen (secondary N) is 1. The number of nitrogens with zero attached hydrogens (tertiary/aromatic N) is 3. The van der Waals surface area contributed by atoms with E-state index in [1.54, 1.807) is 7.11 Å². The number of para-hydroxylation sites is 1. The average molecular weight is 483 g/mol. The number of rotatable bonds is 11. The van der Waals surface area contributed by atoms with Gasteiger partial charge in [-0.3, -0.25) is 4.79 Å². The first-order valence-corrected chi connectivity index (χ1v) is 12.5. The fraction of sp³-hybridized carbons (Fsp3) is 0.423. The van der Waals surface area contributed by atoms with Crippen molar-refractivity contribution in [1.82, 2.24) is 20.1 Å². The van der Waals surface area contributed by atoms with Crippen molar-refractivity contribution in [2.75, 3.05) is 12.9 Å². The monoisotopic (exact) mass is 482 g/mol. The van der Waals surface area contributed by atoms with Crippen LogP contribution in [-0.2, 0) is 11.3 Å². The molecule has 1 amide bonds. The van der Waals surface area contributed by atoms with Crippen LogP contribution in [0.15, 0.2) is 53.7 Å². The van der Waals surface area contributed by atoms with Crippen molar-refractivity contribution in [3.05, 3.63) is 65.5 Å². The van der Waals surface area contributed by atoms with Crippen LogP contribution in [0, 0.1) is 0 Å². The largest absolute Gasteiger partial charge is 0.497 e. The maximum atomic E-state index is 12.4. The van der Waals surface area contributed by atoms with Crippen molar-refractivity contribution in [3.8, 4) is 11.5 Å². The summed E-state index contributed by atoms with van der Waals surface area (Å²) in [6.07, 6.45) is -0.284. The molecule has 1 aromatic heterocycles. The molecule has 0 saturated carbocycles. The van der Waals surface area contributed by atoms with Crippen molar-refractivity contribution < 1.29 is 14.3 Å². The van der Waals surface area contributed by atoms with Gasteiger partial charge in [-0.2, -0.15) is 0 Å². The standard InChI is InChI=1S/C26H34N4O3S/c1-17(2)22-9-7-8-10-23(22)33-19(5)25-28-29-26(30(25)18(3)4)34-16-24(31)27-15-20-11-13-21(32-6)14-12-20/h7-14,17-19H,15-16H2,1-6H3,(H,27,31). The van der Waals surface area contributed by atoms with Crippen LogP contribution in [-0.4, -0.2) is 33.5 Å². The highest BCUT2D eigenvalue weighted by atomic mass is 32.2. The van der Waals surface area contributed by atoms with Gasteiger partial charge in [0.1, 0.15) is 11.5 Å². The van der Waals surface area contributed by atoms with Gasteiger partial charge in [-0.25, -0.2) is 0 Å². The predicted molar refractivity (Wildman–Crippen MR) is 136 cm³/mol. The summed E-state index contributed by atoms with van der Waals surface area (Å²) in [5, 5.41) is 12.4. The Morgan fingerprint density at radius 2 is 1.74 bits per heavy atom. The summed E-state index contributed by atoms with van der Waals surface area (Å²) < 4.78 is 13.5. The van der Waals surface area contributed by atoms with Gasteiger partial charge in [-0.15, -0.1) is 10.2 Å². The fourth-order valence-corrected chi connectivity index (χ4v) is 4.49. The third-order valence-electron chi connectivity index (χ3n) is 5.40. The smallest absolute Gasteiger partial charge is 0.230 e. The van der Waals surface area contributed by atoms with Crippen molar-refractivity contribution >= 4 is 17.7 Å². The van der Waals surface area contributed by atoms with Gasteiger partial charge in [0, 0.05) is 12.6 Å². The SMILES string of the molecule is COc1ccc(CNC(=O)CSc2nnc(C(C)Oc3ccccc3C(C)C)n2C(C)C)cc1. The minimum atomic E-state index is -0.284. The molecule has 0 fully saturated rings. The number of ether oxygens (including phenoxy) is 2. The molecule has 0 saturated heterocycles. The number of thioether (sulfide) groups is 1. The molecule has 8 heteroatoms. The number of carbonyl (C=O) groups excluding carboxylic acids is 1. The third kappa shape index (κ3) is 6.53. The Labute approximate surface area is 206 Å². The molecule has 7 nitrogen and oxygen atoms in total. The average Bonchev–Trinajstić information content (AvgIpc) is 3.26. The number of benzene rings is 2. The zero-order valence-corrected chi connectivity index (χ0v) is 21.6. The zero-order chi connectivity index (χ0) is 24.7. The Balaban J connectivity index is 1.63. The lowest BCUT2D eigenvalue weighted by Crippen LogP contribution is -2.24. The minimum Gasteiger partial charge on any atom is -0.497 e. The fourth-order valence-electron chi connectivity index (χ4n) is 3.58. The summed E-state index contributed by atoms with van der Waals surface area (Å²) in [7, 11) is 1.63. The van der Waals surface area contributed by atoms with Gasteiger partial charge < -0.3 is 19.4 Å². The molecule has 1 atom stereocenters. The predicted octanol–water partition coefficient (Wildman–Crippen LogP) is 5.54. The van der Waals surface area contributed by atoms with Crippen LogP contribution in [0.2, 0.25) is 0 Å². The molecule has 0 radical (unpaired) electrons. The number of methoxy groups -OCH3 is 1. The Morgan fingerprint density at radius 1 is 1.03 bits per heavy atom. The van der Waals surface area contributed by atoms with E-state index >= 15 is 0 Å². The zero-order valence-electron chi connectivity index (χ0n) is 20.7. The second-order valence-corrected chi connectivity index (χ2v) is 9.61. The van der Waals surface area contributed by atoms with Crippen LogP contribution < -0.4 is 14.8 Å². The normalized spacial score (nSPS) is 12.1. The molecule has 1 N–H and O–H groups in total. The lowest BCUT2D eigenvalue weighted by molar-refractivity contribution is -0.118. The Hall–Kier alpha value is -3.00. The van der Waals surface area contributed by atoms with Gasteiger partial charge in [0.05, 0.1) is 12.9 Å². The van der Waals surface area contributed by atoms with Crippen LogP contribution in [0.5, 0.6) is 11.5 Å². The first-order chi connectivity index (χ1) is 16.3. The Bertz CT molecular complexity index is 1080. The van der Waals surface area contributed by atoms with Gasteiger partial charge in [0.2, 0.25) is 5.91 Å². The third-order valence-corrected chi connectivity index (χ3v) is 6.34. The summed E-state index contributed by atoms with van der Waals surface area (Å²) in [4.78, 5) is 12.4. The van der Waals surface area contributed by atoms with E-state index in [0.717, 1.165) is 28.5 Å². The summed E-state index contributed by atoms with van der Waals surface area (Å²) in [6, 6.07) is 15.8. The molecule has 182 valence electrons. The molecule has 0 aliphatic carbocycles. The summed E-state index contributed by atoms with van der Waals surface area (Å²) in [6.45, 7) is 10.9. The molecule has 0 aliphatic heterocycles.